The molecule has 0 aromatic carbocycles. The lowest BCUT2D eigenvalue weighted by Crippen LogP contribution is -2.59. The molecule has 4 saturated carbocycles. The SMILES string of the molecule is COC(=O)CCC(C)C1CCC2C3CCC4CC(OC(C)=O)CCC4(C)C3C(O)CC12C. The molecule has 0 spiro atoms. The van der Waals surface area contributed by atoms with Crippen LogP contribution in [0.15, 0.2) is 0 Å². The molecule has 10 unspecified atom stereocenters. The van der Waals surface area contributed by atoms with Crippen molar-refractivity contribution in [3.05, 3.63) is 0 Å². The first-order chi connectivity index (χ1) is 15.1. The Kier molecular flexibility index (Phi) is 6.70. The number of methoxy groups -OCH3 is 1. The number of hydrogen-bond acceptors (Lipinski definition) is 5. The lowest BCUT2D eigenvalue weighted by atomic mass is 9.43. The molecule has 0 aliphatic heterocycles. The van der Waals surface area contributed by atoms with Crippen LogP contribution in [0.1, 0.15) is 91.9 Å². The third-order valence-electron chi connectivity index (χ3n) is 10.7. The molecule has 0 aromatic rings. The molecular weight excluding hydrogens is 404 g/mol. The quantitative estimate of drug-likeness (QED) is 0.590. The van der Waals surface area contributed by atoms with Crippen molar-refractivity contribution in [1.29, 1.82) is 0 Å². The molecule has 32 heavy (non-hydrogen) atoms. The average Bonchev–Trinajstić information content (AvgIpc) is 3.07. The Morgan fingerprint density at radius 1 is 1.09 bits per heavy atom. The Morgan fingerprint density at radius 3 is 2.53 bits per heavy atom. The fraction of sp³-hybridized carbons (Fsp3) is 0.926. The molecule has 5 heteroatoms. The van der Waals surface area contributed by atoms with Crippen LogP contribution >= 0.6 is 0 Å². The summed E-state index contributed by atoms with van der Waals surface area (Å²) in [6, 6.07) is 0. The lowest BCUT2D eigenvalue weighted by Gasteiger charge is -2.62. The number of ether oxygens (including phenoxy) is 2. The maximum absolute atomic E-state index is 11.7. The molecule has 10 atom stereocenters. The molecule has 0 aromatic heterocycles. The summed E-state index contributed by atoms with van der Waals surface area (Å²) in [4.78, 5) is 23.2. The fourth-order valence-electron chi connectivity index (χ4n) is 9.31. The van der Waals surface area contributed by atoms with Crippen molar-refractivity contribution in [2.24, 2.45) is 46.3 Å². The van der Waals surface area contributed by atoms with Crippen molar-refractivity contribution in [2.75, 3.05) is 7.11 Å². The summed E-state index contributed by atoms with van der Waals surface area (Å²) in [7, 11) is 1.47. The van der Waals surface area contributed by atoms with E-state index in [4.69, 9.17) is 9.47 Å². The first-order valence-electron chi connectivity index (χ1n) is 13.0. The maximum Gasteiger partial charge on any atom is 0.305 e. The van der Waals surface area contributed by atoms with Crippen LogP contribution in [0.2, 0.25) is 0 Å². The van der Waals surface area contributed by atoms with Crippen molar-refractivity contribution in [3.8, 4) is 0 Å². The highest BCUT2D eigenvalue weighted by atomic mass is 16.5. The second-order valence-corrected chi connectivity index (χ2v) is 12.1. The zero-order chi connectivity index (χ0) is 23.3. The van der Waals surface area contributed by atoms with Crippen LogP contribution < -0.4 is 0 Å². The van der Waals surface area contributed by atoms with Gasteiger partial charge in [0, 0.05) is 13.3 Å². The van der Waals surface area contributed by atoms with Gasteiger partial charge in [-0.25, -0.2) is 0 Å². The Balaban J connectivity index is 1.50. The van der Waals surface area contributed by atoms with Gasteiger partial charge in [-0.15, -0.1) is 0 Å². The second kappa shape index (κ2) is 8.92. The summed E-state index contributed by atoms with van der Waals surface area (Å²) in [5, 5.41) is 11.6. The number of carbonyl (C=O) groups excluding carboxylic acids is 2. The largest absolute Gasteiger partial charge is 0.469 e. The second-order valence-electron chi connectivity index (χ2n) is 12.1. The van der Waals surface area contributed by atoms with E-state index in [-0.39, 0.29) is 35.0 Å². The van der Waals surface area contributed by atoms with E-state index in [0.29, 0.717) is 41.9 Å². The normalized spacial score (nSPS) is 46.4. The Labute approximate surface area is 194 Å². The number of fused-ring (bicyclic) bond motifs is 5. The van der Waals surface area contributed by atoms with Crippen molar-refractivity contribution in [3.63, 3.8) is 0 Å². The van der Waals surface area contributed by atoms with Crippen LogP contribution in [0.3, 0.4) is 0 Å². The maximum atomic E-state index is 11.7. The monoisotopic (exact) mass is 448 g/mol. The van der Waals surface area contributed by atoms with Crippen molar-refractivity contribution < 1.29 is 24.2 Å². The highest BCUT2D eigenvalue weighted by Crippen LogP contribution is 2.68. The van der Waals surface area contributed by atoms with Crippen molar-refractivity contribution in [1.82, 2.24) is 0 Å². The smallest absolute Gasteiger partial charge is 0.305 e. The van der Waals surface area contributed by atoms with Crippen LogP contribution in [0, 0.1) is 46.3 Å². The first kappa shape index (κ1) is 24.0. The summed E-state index contributed by atoms with van der Waals surface area (Å²) >= 11 is 0. The molecule has 1 N–H and O–H groups in total. The van der Waals surface area contributed by atoms with E-state index in [0.717, 1.165) is 32.1 Å². The minimum absolute atomic E-state index is 0.0552. The zero-order valence-electron chi connectivity index (χ0n) is 20.8. The third-order valence-corrected chi connectivity index (χ3v) is 10.7. The lowest BCUT2D eigenvalue weighted by molar-refractivity contribution is -0.186. The minimum atomic E-state index is -0.257. The van der Waals surface area contributed by atoms with Gasteiger partial charge in [-0.3, -0.25) is 9.59 Å². The topological polar surface area (TPSA) is 72.8 Å². The van der Waals surface area contributed by atoms with Gasteiger partial charge in [0.05, 0.1) is 13.2 Å². The van der Waals surface area contributed by atoms with Crippen LogP contribution in [0.5, 0.6) is 0 Å². The summed E-state index contributed by atoms with van der Waals surface area (Å²) in [5.41, 5.74) is 0.309. The van der Waals surface area contributed by atoms with E-state index in [1.54, 1.807) is 0 Å². The molecule has 182 valence electrons. The number of aliphatic hydroxyl groups excluding tert-OH is 1. The van der Waals surface area contributed by atoms with E-state index in [1.165, 1.54) is 39.7 Å². The molecular formula is C27H44O5. The number of carbonyl (C=O) groups is 2. The molecule has 4 rings (SSSR count). The van der Waals surface area contributed by atoms with Crippen LogP contribution in [0.25, 0.3) is 0 Å². The molecule has 0 heterocycles. The fourth-order valence-corrected chi connectivity index (χ4v) is 9.31. The highest BCUT2D eigenvalue weighted by Gasteiger charge is 2.63. The Morgan fingerprint density at radius 2 is 1.84 bits per heavy atom. The van der Waals surface area contributed by atoms with Gasteiger partial charge in [-0.1, -0.05) is 20.8 Å². The van der Waals surface area contributed by atoms with E-state index in [1.807, 2.05) is 0 Å². The molecule has 0 radical (unpaired) electrons. The average molecular weight is 449 g/mol. The Bertz CT molecular complexity index is 721. The van der Waals surface area contributed by atoms with Gasteiger partial charge in [0.1, 0.15) is 6.10 Å². The molecule has 4 aliphatic rings. The standard InChI is InChI=1S/C27H44O5/c1-16(6-11-24(30)31-5)21-9-10-22-20-8-7-18-14-19(32-17(2)28)12-13-26(18,3)25(20)23(29)15-27(21,22)4/h16,18-23,25,29H,6-15H2,1-5H3. The van der Waals surface area contributed by atoms with Gasteiger partial charge in [-0.2, -0.15) is 0 Å². The number of aliphatic hydroxyl groups is 1. The van der Waals surface area contributed by atoms with E-state index >= 15 is 0 Å². The Hall–Kier alpha value is -1.10. The molecule has 0 saturated heterocycles. The van der Waals surface area contributed by atoms with Crippen LogP contribution in [-0.2, 0) is 19.1 Å². The third kappa shape index (κ3) is 4.01. The predicted molar refractivity (Wildman–Crippen MR) is 123 cm³/mol. The molecule has 4 aliphatic carbocycles. The summed E-state index contributed by atoms with van der Waals surface area (Å²) < 4.78 is 10.5. The molecule has 4 fully saturated rings. The van der Waals surface area contributed by atoms with Crippen molar-refractivity contribution >= 4 is 11.9 Å². The predicted octanol–water partition coefficient (Wildman–Crippen LogP) is 5.14. The number of hydrogen-bond donors (Lipinski definition) is 1. The van der Waals surface area contributed by atoms with Gasteiger partial charge < -0.3 is 14.6 Å². The zero-order valence-corrected chi connectivity index (χ0v) is 20.8. The van der Waals surface area contributed by atoms with Crippen LogP contribution in [-0.4, -0.2) is 36.4 Å². The first-order valence-corrected chi connectivity index (χ1v) is 13.0. The number of esters is 2. The number of rotatable bonds is 5. The van der Waals surface area contributed by atoms with Crippen LogP contribution in [0.4, 0.5) is 0 Å². The van der Waals surface area contributed by atoms with Gasteiger partial charge in [0.2, 0.25) is 0 Å². The van der Waals surface area contributed by atoms with Gasteiger partial charge >= 0.3 is 11.9 Å². The summed E-state index contributed by atoms with van der Waals surface area (Å²) in [5.74, 6) is 2.92. The molecule has 5 nitrogen and oxygen atoms in total. The summed E-state index contributed by atoms with van der Waals surface area (Å²) in [6.45, 7) is 8.68. The van der Waals surface area contributed by atoms with Gasteiger partial charge in [0.15, 0.2) is 0 Å². The van der Waals surface area contributed by atoms with Gasteiger partial charge in [-0.05, 0) is 104 Å². The van der Waals surface area contributed by atoms with E-state index < -0.39 is 0 Å². The summed E-state index contributed by atoms with van der Waals surface area (Å²) in [6.07, 6.45) is 9.86. The highest BCUT2D eigenvalue weighted by molar-refractivity contribution is 5.69. The van der Waals surface area contributed by atoms with E-state index in [9.17, 15) is 14.7 Å². The van der Waals surface area contributed by atoms with Crippen molar-refractivity contribution in [2.45, 2.75) is 104 Å². The minimum Gasteiger partial charge on any atom is -0.469 e. The molecule has 0 amide bonds. The molecule has 0 bridgehead atoms. The van der Waals surface area contributed by atoms with Gasteiger partial charge in [0.25, 0.3) is 0 Å². The van der Waals surface area contributed by atoms with E-state index in [2.05, 4.69) is 20.8 Å².